The fraction of sp³-hybridized carbons (Fsp3) is 0.261. The molecule has 2 aliphatic heterocycles. The molecule has 2 aliphatic rings. The Morgan fingerprint density at radius 2 is 1.97 bits per heavy atom. The molecule has 0 unspecified atom stereocenters. The largest absolute Gasteiger partial charge is 0.486 e. The number of Topliss-reactive ketones (excluding diaryl/α,β-unsaturated/α-hetero) is 1. The van der Waals surface area contributed by atoms with Gasteiger partial charge in [-0.3, -0.25) is 9.59 Å². The number of carbonyl (C=O) groups excluding carboxylic acids is 2. The van der Waals surface area contributed by atoms with Crippen LogP contribution in [0.3, 0.4) is 0 Å². The van der Waals surface area contributed by atoms with Crippen LogP contribution >= 0.6 is 11.3 Å². The maximum absolute atomic E-state index is 13.2. The first-order valence-corrected chi connectivity index (χ1v) is 10.6. The van der Waals surface area contributed by atoms with Crippen molar-refractivity contribution in [2.24, 2.45) is 0 Å². The van der Waals surface area contributed by atoms with E-state index in [1.807, 2.05) is 24.3 Å². The number of likely N-dealkylation sites (tertiary alicyclic amines) is 1. The molecule has 0 saturated carbocycles. The van der Waals surface area contributed by atoms with Gasteiger partial charge in [-0.25, -0.2) is 0 Å². The minimum absolute atomic E-state index is 0.0218. The number of nitrogen functional groups attached to an aromatic ring is 1. The zero-order chi connectivity index (χ0) is 20.9. The van der Waals surface area contributed by atoms with Crippen LogP contribution < -0.4 is 10.5 Å². The Balaban J connectivity index is 1.37. The molecule has 1 aromatic heterocycles. The molecule has 6 nitrogen and oxygen atoms in total. The SMILES string of the molecule is N#Cc1ccc2c(c1)OC1(CCN(C(=O)c3c(N)sc4ccccc34)CC1)CC2=O. The summed E-state index contributed by atoms with van der Waals surface area (Å²) in [7, 11) is 0. The van der Waals surface area contributed by atoms with E-state index in [2.05, 4.69) is 6.07 Å². The molecule has 30 heavy (non-hydrogen) atoms. The van der Waals surface area contributed by atoms with Gasteiger partial charge in [-0.15, -0.1) is 11.3 Å². The first kappa shape index (κ1) is 18.6. The van der Waals surface area contributed by atoms with Crippen molar-refractivity contribution in [3.63, 3.8) is 0 Å². The standard InChI is InChI=1S/C23H19N3O3S/c24-13-14-5-6-15-17(27)12-23(29-18(15)11-14)7-9-26(10-8-23)22(28)20-16-3-1-2-4-19(16)30-21(20)25/h1-6,11H,7-10,12,25H2. The topological polar surface area (TPSA) is 96.4 Å². The second-order valence-corrected chi connectivity index (χ2v) is 8.92. The van der Waals surface area contributed by atoms with Crippen LogP contribution in [-0.4, -0.2) is 35.3 Å². The fourth-order valence-electron chi connectivity index (χ4n) is 4.40. The molecular formula is C23H19N3O3S. The van der Waals surface area contributed by atoms with Crippen LogP contribution in [0.25, 0.3) is 10.1 Å². The zero-order valence-corrected chi connectivity index (χ0v) is 17.0. The molecule has 1 saturated heterocycles. The van der Waals surface area contributed by atoms with E-state index < -0.39 is 5.60 Å². The van der Waals surface area contributed by atoms with Gasteiger partial charge in [-0.1, -0.05) is 18.2 Å². The summed E-state index contributed by atoms with van der Waals surface area (Å²) < 4.78 is 7.25. The molecule has 0 aliphatic carbocycles. The number of carbonyl (C=O) groups is 2. The molecule has 7 heteroatoms. The number of fused-ring (bicyclic) bond motifs is 2. The number of nitrogens with two attached hydrogens (primary N) is 1. The number of anilines is 1. The van der Waals surface area contributed by atoms with Gasteiger partial charge >= 0.3 is 0 Å². The van der Waals surface area contributed by atoms with Gasteiger partial charge in [0.05, 0.1) is 34.2 Å². The minimum Gasteiger partial charge on any atom is -0.486 e. The van der Waals surface area contributed by atoms with Crippen molar-refractivity contribution in [3.8, 4) is 11.8 Å². The molecule has 5 rings (SSSR count). The molecule has 3 heterocycles. The first-order valence-electron chi connectivity index (χ1n) is 9.82. The second kappa shape index (κ2) is 6.85. The molecule has 3 aromatic rings. The Labute approximate surface area is 177 Å². The molecule has 2 N–H and O–H groups in total. The summed E-state index contributed by atoms with van der Waals surface area (Å²) in [5, 5.41) is 10.6. The van der Waals surface area contributed by atoms with Crippen LogP contribution in [0.4, 0.5) is 5.00 Å². The van der Waals surface area contributed by atoms with Gasteiger partial charge in [-0.2, -0.15) is 5.26 Å². The van der Waals surface area contributed by atoms with E-state index in [4.69, 9.17) is 15.7 Å². The number of nitriles is 1. The second-order valence-electron chi connectivity index (χ2n) is 7.84. The van der Waals surface area contributed by atoms with Crippen molar-refractivity contribution in [2.75, 3.05) is 18.8 Å². The smallest absolute Gasteiger partial charge is 0.257 e. The Kier molecular flexibility index (Phi) is 4.26. The van der Waals surface area contributed by atoms with Crippen LogP contribution in [0.2, 0.25) is 0 Å². The number of thiophene rings is 1. The van der Waals surface area contributed by atoms with Crippen LogP contribution in [0.15, 0.2) is 42.5 Å². The number of piperidine rings is 1. The third kappa shape index (κ3) is 2.92. The van der Waals surface area contributed by atoms with Crippen molar-refractivity contribution < 1.29 is 14.3 Å². The third-order valence-corrected chi connectivity index (χ3v) is 7.02. The van der Waals surface area contributed by atoms with Crippen molar-refractivity contribution in [1.82, 2.24) is 4.90 Å². The van der Waals surface area contributed by atoms with Gasteiger partial charge in [0.1, 0.15) is 11.4 Å². The molecule has 0 atom stereocenters. The highest BCUT2D eigenvalue weighted by Gasteiger charge is 2.44. The summed E-state index contributed by atoms with van der Waals surface area (Å²) in [6.45, 7) is 0.978. The van der Waals surface area contributed by atoms with Crippen LogP contribution in [0.1, 0.15) is 45.5 Å². The molecular weight excluding hydrogens is 398 g/mol. The van der Waals surface area contributed by atoms with Gasteiger partial charge < -0.3 is 15.4 Å². The van der Waals surface area contributed by atoms with Gasteiger partial charge in [0.15, 0.2) is 5.78 Å². The number of ether oxygens (including phenoxy) is 1. The van der Waals surface area contributed by atoms with E-state index in [9.17, 15) is 9.59 Å². The molecule has 1 fully saturated rings. The maximum atomic E-state index is 13.2. The summed E-state index contributed by atoms with van der Waals surface area (Å²) in [5.41, 5.74) is 7.10. The zero-order valence-electron chi connectivity index (χ0n) is 16.2. The number of hydrogen-bond acceptors (Lipinski definition) is 6. The highest BCUT2D eigenvalue weighted by Crippen LogP contribution is 2.41. The van der Waals surface area contributed by atoms with E-state index >= 15 is 0 Å². The van der Waals surface area contributed by atoms with Gasteiger partial charge in [0, 0.05) is 36.0 Å². The van der Waals surface area contributed by atoms with Gasteiger partial charge in [-0.05, 0) is 24.3 Å². The van der Waals surface area contributed by atoms with Gasteiger partial charge in [0.25, 0.3) is 5.91 Å². The monoisotopic (exact) mass is 417 g/mol. The summed E-state index contributed by atoms with van der Waals surface area (Å²) in [5.74, 6) is 0.417. The highest BCUT2D eigenvalue weighted by molar-refractivity contribution is 7.23. The van der Waals surface area contributed by atoms with E-state index in [0.29, 0.717) is 53.4 Å². The minimum atomic E-state index is -0.628. The summed E-state index contributed by atoms with van der Waals surface area (Å²) in [6, 6.07) is 14.7. The molecule has 1 amide bonds. The Morgan fingerprint density at radius 3 is 2.73 bits per heavy atom. The lowest BCUT2D eigenvalue weighted by atomic mass is 9.82. The Hall–Kier alpha value is -3.37. The van der Waals surface area contributed by atoms with E-state index in [1.54, 1.807) is 23.1 Å². The van der Waals surface area contributed by atoms with Crippen LogP contribution in [0.5, 0.6) is 5.75 Å². The van der Waals surface area contributed by atoms with Crippen molar-refractivity contribution in [3.05, 3.63) is 59.2 Å². The maximum Gasteiger partial charge on any atom is 0.257 e. The fourth-order valence-corrected chi connectivity index (χ4v) is 5.37. The third-order valence-electron chi connectivity index (χ3n) is 6.02. The quantitative estimate of drug-likeness (QED) is 0.646. The normalized spacial score (nSPS) is 17.4. The Morgan fingerprint density at radius 1 is 1.20 bits per heavy atom. The average molecular weight is 417 g/mol. The number of amides is 1. The number of nitrogens with zero attached hydrogens (tertiary/aromatic N) is 2. The number of hydrogen-bond donors (Lipinski definition) is 1. The molecule has 0 bridgehead atoms. The van der Waals surface area contributed by atoms with Crippen molar-refractivity contribution in [2.45, 2.75) is 24.9 Å². The number of ketones is 1. The van der Waals surface area contributed by atoms with Gasteiger partial charge in [0.2, 0.25) is 0 Å². The van der Waals surface area contributed by atoms with Crippen LogP contribution in [0, 0.1) is 11.3 Å². The molecule has 1 spiro atoms. The predicted octanol–water partition coefficient (Wildman–Crippen LogP) is 4.00. The first-order chi connectivity index (χ1) is 14.5. The van der Waals surface area contributed by atoms with Crippen molar-refractivity contribution >= 4 is 38.1 Å². The molecule has 150 valence electrons. The highest BCUT2D eigenvalue weighted by atomic mass is 32.1. The summed E-state index contributed by atoms with van der Waals surface area (Å²) >= 11 is 1.42. The Bertz CT molecular complexity index is 1230. The molecule has 0 radical (unpaired) electrons. The lowest BCUT2D eigenvalue weighted by Gasteiger charge is -2.44. The molecule has 2 aromatic carbocycles. The lowest BCUT2D eigenvalue weighted by molar-refractivity contribution is -0.00563. The average Bonchev–Trinajstić information content (AvgIpc) is 3.09. The van der Waals surface area contributed by atoms with E-state index in [1.165, 1.54) is 11.3 Å². The van der Waals surface area contributed by atoms with Crippen molar-refractivity contribution in [1.29, 1.82) is 5.26 Å². The predicted molar refractivity (Wildman–Crippen MR) is 115 cm³/mol. The number of rotatable bonds is 1. The lowest BCUT2D eigenvalue weighted by Crippen LogP contribution is -2.52. The van der Waals surface area contributed by atoms with E-state index in [0.717, 1.165) is 10.1 Å². The van der Waals surface area contributed by atoms with E-state index in [-0.39, 0.29) is 18.1 Å². The van der Waals surface area contributed by atoms with Crippen LogP contribution in [-0.2, 0) is 0 Å². The summed E-state index contributed by atoms with van der Waals surface area (Å²) in [4.78, 5) is 27.7. The number of benzene rings is 2. The summed E-state index contributed by atoms with van der Waals surface area (Å²) in [6.07, 6.45) is 1.41.